The normalized spacial score (nSPS) is 12.7. The van der Waals surface area contributed by atoms with Gasteiger partial charge in [-0.1, -0.05) is 0 Å². The SMILES string of the molecule is COc1ccc(Br)c(C(=O)OCc2cc([N+](=O)[O-])cc3c2OCOC3)c1. The molecule has 1 aliphatic heterocycles. The molecule has 0 N–H and O–H groups in total. The van der Waals surface area contributed by atoms with Crippen molar-refractivity contribution >= 4 is 27.6 Å². The van der Waals surface area contributed by atoms with Gasteiger partial charge < -0.3 is 18.9 Å². The van der Waals surface area contributed by atoms with E-state index in [-0.39, 0.29) is 31.3 Å². The zero-order valence-electron chi connectivity index (χ0n) is 13.7. The summed E-state index contributed by atoms with van der Waals surface area (Å²) in [5, 5.41) is 11.1. The Hall–Kier alpha value is -2.65. The minimum absolute atomic E-state index is 0.0349. The van der Waals surface area contributed by atoms with Crippen molar-refractivity contribution < 1.29 is 28.7 Å². The van der Waals surface area contributed by atoms with Gasteiger partial charge in [0, 0.05) is 27.7 Å². The summed E-state index contributed by atoms with van der Waals surface area (Å²) in [5.41, 5.74) is 1.11. The summed E-state index contributed by atoms with van der Waals surface area (Å²) in [7, 11) is 1.49. The quantitative estimate of drug-likeness (QED) is 0.411. The van der Waals surface area contributed by atoms with Gasteiger partial charge in [0.2, 0.25) is 0 Å². The Morgan fingerprint density at radius 1 is 1.35 bits per heavy atom. The van der Waals surface area contributed by atoms with E-state index in [1.54, 1.807) is 18.2 Å². The number of methoxy groups -OCH3 is 1. The lowest BCUT2D eigenvalue weighted by Gasteiger charge is -2.20. The first-order chi connectivity index (χ1) is 12.5. The molecule has 0 amide bonds. The molecular formula is C17H14BrNO7. The molecule has 0 saturated heterocycles. The highest BCUT2D eigenvalue weighted by Gasteiger charge is 2.22. The molecular weight excluding hydrogens is 410 g/mol. The van der Waals surface area contributed by atoms with Crippen molar-refractivity contribution in [1.82, 2.24) is 0 Å². The highest BCUT2D eigenvalue weighted by atomic mass is 79.9. The van der Waals surface area contributed by atoms with Gasteiger partial charge in [-0.05, 0) is 34.1 Å². The molecule has 0 spiro atoms. The minimum atomic E-state index is -0.594. The van der Waals surface area contributed by atoms with Gasteiger partial charge in [0.15, 0.2) is 6.79 Å². The van der Waals surface area contributed by atoms with Crippen LogP contribution < -0.4 is 9.47 Å². The van der Waals surface area contributed by atoms with Crippen LogP contribution in [0.15, 0.2) is 34.8 Å². The van der Waals surface area contributed by atoms with Crippen molar-refractivity contribution in [2.45, 2.75) is 13.2 Å². The summed E-state index contributed by atoms with van der Waals surface area (Å²) >= 11 is 3.29. The molecule has 0 atom stereocenters. The molecule has 1 aliphatic rings. The fourth-order valence-corrected chi connectivity index (χ4v) is 2.91. The Morgan fingerprint density at radius 2 is 2.15 bits per heavy atom. The van der Waals surface area contributed by atoms with E-state index in [2.05, 4.69) is 15.9 Å². The van der Waals surface area contributed by atoms with E-state index in [0.717, 1.165) is 0 Å². The molecule has 2 aromatic carbocycles. The molecule has 26 heavy (non-hydrogen) atoms. The van der Waals surface area contributed by atoms with E-state index < -0.39 is 10.9 Å². The molecule has 0 aromatic heterocycles. The van der Waals surface area contributed by atoms with Crippen molar-refractivity contribution in [1.29, 1.82) is 0 Å². The highest BCUT2D eigenvalue weighted by molar-refractivity contribution is 9.10. The highest BCUT2D eigenvalue weighted by Crippen LogP contribution is 2.33. The predicted octanol–water partition coefficient (Wildman–Crippen LogP) is 3.59. The topological polar surface area (TPSA) is 97.1 Å². The standard InChI is InChI=1S/C17H14BrNO7/c1-23-13-2-3-15(18)14(6-13)17(20)25-8-11-5-12(19(21)22)4-10-7-24-9-26-16(10)11/h2-6H,7-9H2,1H3. The number of nitrogens with zero attached hydrogens (tertiary/aromatic N) is 1. The maximum Gasteiger partial charge on any atom is 0.339 e. The monoisotopic (exact) mass is 423 g/mol. The van der Waals surface area contributed by atoms with E-state index in [4.69, 9.17) is 18.9 Å². The Labute approximate surface area is 156 Å². The van der Waals surface area contributed by atoms with E-state index >= 15 is 0 Å². The van der Waals surface area contributed by atoms with Crippen LogP contribution >= 0.6 is 15.9 Å². The van der Waals surface area contributed by atoms with Crippen molar-refractivity contribution in [3.05, 3.63) is 61.6 Å². The second-order valence-electron chi connectivity index (χ2n) is 5.38. The van der Waals surface area contributed by atoms with Crippen LogP contribution in [0.5, 0.6) is 11.5 Å². The molecule has 8 nitrogen and oxygen atoms in total. The molecule has 1 heterocycles. The first-order valence-corrected chi connectivity index (χ1v) is 8.30. The molecule has 0 saturated carbocycles. The van der Waals surface area contributed by atoms with Gasteiger partial charge in [-0.25, -0.2) is 4.79 Å². The lowest BCUT2D eigenvalue weighted by atomic mass is 10.1. The van der Waals surface area contributed by atoms with Crippen molar-refractivity contribution in [3.63, 3.8) is 0 Å². The van der Waals surface area contributed by atoms with Crippen LogP contribution in [0.2, 0.25) is 0 Å². The zero-order valence-corrected chi connectivity index (χ0v) is 15.3. The van der Waals surface area contributed by atoms with Crippen molar-refractivity contribution in [2.24, 2.45) is 0 Å². The Balaban J connectivity index is 1.84. The molecule has 0 aliphatic carbocycles. The number of hydrogen-bond donors (Lipinski definition) is 0. The smallest absolute Gasteiger partial charge is 0.339 e. The van der Waals surface area contributed by atoms with Crippen molar-refractivity contribution in [3.8, 4) is 11.5 Å². The summed E-state index contributed by atoms with van der Waals surface area (Å²) in [4.78, 5) is 23.0. The number of carbonyl (C=O) groups excluding carboxylic acids is 1. The summed E-state index contributed by atoms with van der Waals surface area (Å²) in [5.74, 6) is 0.357. The largest absolute Gasteiger partial charge is 0.497 e. The first-order valence-electron chi connectivity index (χ1n) is 7.51. The Bertz CT molecular complexity index is 868. The van der Waals surface area contributed by atoms with Crippen LogP contribution in [0.4, 0.5) is 5.69 Å². The second kappa shape index (κ2) is 7.71. The van der Waals surface area contributed by atoms with Gasteiger partial charge in [0.05, 0.1) is 24.2 Å². The van der Waals surface area contributed by atoms with E-state index in [9.17, 15) is 14.9 Å². The van der Waals surface area contributed by atoms with Gasteiger partial charge in [0.25, 0.3) is 5.69 Å². The number of fused-ring (bicyclic) bond motifs is 1. The lowest BCUT2D eigenvalue weighted by Crippen LogP contribution is -2.15. The number of benzene rings is 2. The Kier molecular flexibility index (Phi) is 5.38. The molecule has 0 radical (unpaired) electrons. The first kappa shape index (κ1) is 18.2. The number of carbonyl (C=O) groups is 1. The third-order valence-electron chi connectivity index (χ3n) is 3.73. The third-order valence-corrected chi connectivity index (χ3v) is 4.43. The van der Waals surface area contributed by atoms with E-state index in [1.165, 1.54) is 19.2 Å². The summed E-state index contributed by atoms with van der Waals surface area (Å²) < 4.78 is 21.6. The van der Waals surface area contributed by atoms with Crippen molar-refractivity contribution in [2.75, 3.05) is 13.9 Å². The van der Waals surface area contributed by atoms with Gasteiger partial charge in [0.1, 0.15) is 18.1 Å². The summed E-state index contributed by atoms with van der Waals surface area (Å²) in [6.07, 6.45) is 0. The number of hydrogen-bond acceptors (Lipinski definition) is 7. The molecule has 0 fully saturated rings. The number of nitro groups is 1. The van der Waals surface area contributed by atoms with Crippen LogP contribution in [0, 0.1) is 10.1 Å². The number of ether oxygens (including phenoxy) is 4. The molecule has 0 unspecified atom stereocenters. The predicted molar refractivity (Wildman–Crippen MR) is 93.2 cm³/mol. The summed E-state index contributed by atoms with van der Waals surface area (Å²) in [6, 6.07) is 7.63. The number of rotatable bonds is 5. The van der Waals surface area contributed by atoms with Crippen LogP contribution in [0.1, 0.15) is 21.5 Å². The number of nitro benzene ring substituents is 1. The maximum atomic E-state index is 12.4. The third kappa shape index (κ3) is 3.78. The molecule has 3 rings (SSSR count). The maximum absolute atomic E-state index is 12.4. The molecule has 0 bridgehead atoms. The van der Waals surface area contributed by atoms with Crippen LogP contribution in [-0.2, 0) is 22.7 Å². The number of non-ortho nitro benzene ring substituents is 1. The average Bonchev–Trinajstić information content (AvgIpc) is 2.65. The fraction of sp³-hybridized carbons (Fsp3) is 0.235. The van der Waals surface area contributed by atoms with E-state index in [1.807, 2.05) is 0 Å². The fourth-order valence-electron chi connectivity index (χ4n) is 2.50. The average molecular weight is 424 g/mol. The lowest BCUT2D eigenvalue weighted by molar-refractivity contribution is -0.385. The molecule has 136 valence electrons. The zero-order chi connectivity index (χ0) is 18.7. The number of esters is 1. The second-order valence-corrected chi connectivity index (χ2v) is 6.24. The number of halogens is 1. The van der Waals surface area contributed by atoms with Crippen LogP contribution in [0.25, 0.3) is 0 Å². The summed E-state index contributed by atoms with van der Waals surface area (Å²) in [6.45, 7) is 0.0546. The van der Waals surface area contributed by atoms with Gasteiger partial charge in [-0.15, -0.1) is 0 Å². The van der Waals surface area contributed by atoms with E-state index in [0.29, 0.717) is 27.1 Å². The molecule has 9 heteroatoms. The van der Waals surface area contributed by atoms with Crippen LogP contribution in [-0.4, -0.2) is 24.8 Å². The van der Waals surface area contributed by atoms with Crippen LogP contribution in [0.3, 0.4) is 0 Å². The van der Waals surface area contributed by atoms with Gasteiger partial charge >= 0.3 is 5.97 Å². The van der Waals surface area contributed by atoms with Gasteiger partial charge in [-0.2, -0.15) is 0 Å². The molecule has 2 aromatic rings. The Morgan fingerprint density at radius 3 is 2.88 bits per heavy atom. The van der Waals surface area contributed by atoms with Gasteiger partial charge in [-0.3, -0.25) is 10.1 Å². The minimum Gasteiger partial charge on any atom is -0.497 e.